The highest BCUT2D eigenvalue weighted by Gasteiger charge is 2.15. The Morgan fingerprint density at radius 1 is 1.27 bits per heavy atom. The average Bonchev–Trinajstić information content (AvgIpc) is 2.31. The van der Waals surface area contributed by atoms with E-state index in [1.54, 1.807) is 12.4 Å². The molecule has 15 heavy (non-hydrogen) atoms. The van der Waals surface area contributed by atoms with Gasteiger partial charge >= 0.3 is 0 Å². The molecule has 0 unspecified atom stereocenters. The molecule has 2 rings (SSSR count). The van der Waals surface area contributed by atoms with Gasteiger partial charge in [0, 0.05) is 7.05 Å². The largest absolute Gasteiger partial charge is 0.473 e. The van der Waals surface area contributed by atoms with E-state index in [0.717, 1.165) is 18.7 Å². The van der Waals surface area contributed by atoms with Crippen LogP contribution in [0, 0.1) is 0 Å². The van der Waals surface area contributed by atoms with Crippen molar-refractivity contribution in [2.75, 3.05) is 12.4 Å². The van der Waals surface area contributed by atoms with E-state index in [-0.39, 0.29) is 0 Å². The quantitative estimate of drug-likeness (QED) is 0.825. The van der Waals surface area contributed by atoms with Crippen molar-refractivity contribution in [1.82, 2.24) is 9.97 Å². The fourth-order valence-corrected chi connectivity index (χ4v) is 1.88. The molecule has 0 atom stereocenters. The highest BCUT2D eigenvalue weighted by Crippen LogP contribution is 2.22. The van der Waals surface area contributed by atoms with Crippen LogP contribution >= 0.6 is 0 Å². The minimum absolute atomic E-state index is 0.333. The van der Waals surface area contributed by atoms with E-state index >= 15 is 0 Å². The first-order valence-corrected chi connectivity index (χ1v) is 5.55. The van der Waals surface area contributed by atoms with Gasteiger partial charge in [-0.2, -0.15) is 4.98 Å². The Morgan fingerprint density at radius 2 is 2.07 bits per heavy atom. The standard InChI is InChI=1S/C11H17N3O/c1-12-10-7-13-8-11(14-10)15-9-5-3-2-4-6-9/h7-9H,2-6H2,1H3,(H,12,14). The van der Waals surface area contributed by atoms with E-state index in [9.17, 15) is 0 Å². The minimum Gasteiger partial charge on any atom is -0.473 e. The molecule has 1 N–H and O–H groups in total. The van der Waals surface area contributed by atoms with Crippen molar-refractivity contribution in [2.24, 2.45) is 0 Å². The molecular formula is C11H17N3O. The summed E-state index contributed by atoms with van der Waals surface area (Å²) in [5.74, 6) is 1.39. The molecule has 0 bridgehead atoms. The average molecular weight is 207 g/mol. The number of ether oxygens (including phenoxy) is 1. The first-order valence-electron chi connectivity index (χ1n) is 5.55. The number of nitrogens with zero attached hydrogens (tertiary/aromatic N) is 2. The fourth-order valence-electron chi connectivity index (χ4n) is 1.88. The SMILES string of the molecule is CNc1cncc(OC2CCCCC2)n1. The first kappa shape index (κ1) is 10.2. The molecule has 1 heterocycles. The van der Waals surface area contributed by atoms with Crippen LogP contribution in [0.1, 0.15) is 32.1 Å². The van der Waals surface area contributed by atoms with Crippen molar-refractivity contribution in [2.45, 2.75) is 38.2 Å². The molecule has 1 aliphatic rings. The number of anilines is 1. The van der Waals surface area contributed by atoms with Crippen LogP contribution in [0.3, 0.4) is 0 Å². The monoisotopic (exact) mass is 207 g/mol. The van der Waals surface area contributed by atoms with Crippen LogP contribution in [0.5, 0.6) is 5.88 Å². The molecule has 1 saturated carbocycles. The Balaban J connectivity index is 1.96. The van der Waals surface area contributed by atoms with Crippen molar-refractivity contribution in [3.63, 3.8) is 0 Å². The first-order chi connectivity index (χ1) is 7.38. The third kappa shape index (κ3) is 2.81. The van der Waals surface area contributed by atoms with Gasteiger partial charge in [0.05, 0.1) is 12.4 Å². The van der Waals surface area contributed by atoms with Crippen LogP contribution in [0.15, 0.2) is 12.4 Å². The van der Waals surface area contributed by atoms with E-state index in [4.69, 9.17) is 4.74 Å². The zero-order valence-electron chi connectivity index (χ0n) is 9.07. The summed E-state index contributed by atoms with van der Waals surface area (Å²) in [7, 11) is 1.83. The lowest BCUT2D eigenvalue weighted by atomic mass is 9.98. The summed E-state index contributed by atoms with van der Waals surface area (Å²) in [5.41, 5.74) is 0. The number of rotatable bonds is 3. The molecule has 4 nitrogen and oxygen atoms in total. The molecule has 0 saturated heterocycles. The molecule has 0 aromatic carbocycles. The second-order valence-electron chi connectivity index (χ2n) is 3.87. The van der Waals surface area contributed by atoms with Gasteiger partial charge < -0.3 is 10.1 Å². The predicted molar refractivity (Wildman–Crippen MR) is 59.1 cm³/mol. The fraction of sp³-hybridized carbons (Fsp3) is 0.636. The zero-order valence-corrected chi connectivity index (χ0v) is 9.07. The Morgan fingerprint density at radius 3 is 2.80 bits per heavy atom. The number of nitrogens with one attached hydrogen (secondary N) is 1. The van der Waals surface area contributed by atoms with E-state index in [0.29, 0.717) is 12.0 Å². The Labute approximate surface area is 90.1 Å². The summed E-state index contributed by atoms with van der Waals surface area (Å²) < 4.78 is 5.78. The summed E-state index contributed by atoms with van der Waals surface area (Å²) in [6.07, 6.45) is 9.86. The van der Waals surface area contributed by atoms with E-state index in [1.165, 1.54) is 19.3 Å². The van der Waals surface area contributed by atoms with E-state index < -0.39 is 0 Å². The lowest BCUT2D eigenvalue weighted by molar-refractivity contribution is 0.148. The predicted octanol–water partition coefficient (Wildman–Crippen LogP) is 2.23. The van der Waals surface area contributed by atoms with Crippen LogP contribution < -0.4 is 10.1 Å². The van der Waals surface area contributed by atoms with Crippen LogP contribution in [-0.4, -0.2) is 23.1 Å². The molecule has 1 aromatic rings. The van der Waals surface area contributed by atoms with Gasteiger partial charge in [-0.1, -0.05) is 6.42 Å². The summed E-state index contributed by atoms with van der Waals surface area (Å²) in [6, 6.07) is 0. The van der Waals surface area contributed by atoms with Gasteiger partial charge in [0.1, 0.15) is 11.9 Å². The highest BCUT2D eigenvalue weighted by atomic mass is 16.5. The minimum atomic E-state index is 0.333. The topological polar surface area (TPSA) is 47.0 Å². The summed E-state index contributed by atoms with van der Waals surface area (Å²) >= 11 is 0. The van der Waals surface area contributed by atoms with Gasteiger partial charge in [-0.3, -0.25) is 4.98 Å². The summed E-state index contributed by atoms with van der Waals surface area (Å²) in [6.45, 7) is 0. The van der Waals surface area contributed by atoms with Crippen molar-refractivity contribution in [3.05, 3.63) is 12.4 Å². The number of aromatic nitrogens is 2. The molecule has 4 heteroatoms. The Bertz CT molecular complexity index is 310. The maximum absolute atomic E-state index is 5.78. The van der Waals surface area contributed by atoms with Gasteiger partial charge in [0.25, 0.3) is 0 Å². The molecule has 0 spiro atoms. The maximum Gasteiger partial charge on any atom is 0.234 e. The van der Waals surface area contributed by atoms with Gasteiger partial charge in [0.15, 0.2) is 0 Å². The number of hydrogen-bond acceptors (Lipinski definition) is 4. The van der Waals surface area contributed by atoms with Crippen molar-refractivity contribution >= 4 is 5.82 Å². The van der Waals surface area contributed by atoms with Crippen molar-refractivity contribution in [3.8, 4) is 5.88 Å². The Kier molecular flexibility index (Phi) is 3.37. The summed E-state index contributed by atoms with van der Waals surface area (Å²) in [4.78, 5) is 8.36. The van der Waals surface area contributed by atoms with Crippen molar-refractivity contribution in [1.29, 1.82) is 0 Å². The highest BCUT2D eigenvalue weighted by molar-refractivity contribution is 5.31. The van der Waals surface area contributed by atoms with Crippen LogP contribution in [0.25, 0.3) is 0 Å². The molecule has 0 amide bonds. The third-order valence-electron chi connectivity index (χ3n) is 2.71. The lowest BCUT2D eigenvalue weighted by Crippen LogP contribution is -2.20. The molecular weight excluding hydrogens is 190 g/mol. The molecule has 1 aliphatic carbocycles. The molecule has 1 fully saturated rings. The van der Waals surface area contributed by atoms with E-state index in [1.807, 2.05) is 7.05 Å². The molecule has 82 valence electrons. The maximum atomic E-state index is 5.78. The van der Waals surface area contributed by atoms with Crippen LogP contribution in [0.4, 0.5) is 5.82 Å². The normalized spacial score (nSPS) is 17.4. The van der Waals surface area contributed by atoms with Gasteiger partial charge in [-0.15, -0.1) is 0 Å². The molecule has 0 aliphatic heterocycles. The van der Waals surface area contributed by atoms with Gasteiger partial charge in [-0.05, 0) is 25.7 Å². The van der Waals surface area contributed by atoms with Gasteiger partial charge in [0.2, 0.25) is 5.88 Å². The second kappa shape index (κ2) is 4.96. The smallest absolute Gasteiger partial charge is 0.234 e. The van der Waals surface area contributed by atoms with Crippen molar-refractivity contribution < 1.29 is 4.74 Å². The van der Waals surface area contributed by atoms with Gasteiger partial charge in [-0.25, -0.2) is 0 Å². The summed E-state index contributed by atoms with van der Waals surface area (Å²) in [5, 5.41) is 2.95. The number of hydrogen-bond donors (Lipinski definition) is 1. The second-order valence-corrected chi connectivity index (χ2v) is 3.87. The Hall–Kier alpha value is -1.32. The molecule has 1 aromatic heterocycles. The van der Waals surface area contributed by atoms with Crippen LogP contribution in [0.2, 0.25) is 0 Å². The lowest BCUT2D eigenvalue weighted by Gasteiger charge is -2.22. The third-order valence-corrected chi connectivity index (χ3v) is 2.71. The zero-order chi connectivity index (χ0) is 10.5. The van der Waals surface area contributed by atoms with E-state index in [2.05, 4.69) is 15.3 Å². The van der Waals surface area contributed by atoms with Crippen LogP contribution in [-0.2, 0) is 0 Å². The molecule has 0 radical (unpaired) electrons.